The van der Waals surface area contributed by atoms with Crippen molar-refractivity contribution in [1.82, 2.24) is 0 Å². The molecule has 0 N–H and O–H groups in total. The molecule has 0 radical (unpaired) electrons. The molecule has 1 heteroatoms. The van der Waals surface area contributed by atoms with Gasteiger partial charge in [0.25, 0.3) is 0 Å². The highest BCUT2D eigenvalue weighted by Crippen LogP contribution is 2.16. The summed E-state index contributed by atoms with van der Waals surface area (Å²) in [7, 11) is 0. The molecule has 0 aliphatic rings. The number of unbranched alkanes of at least 4 members (excludes halogenated alkanes) is 7. The second-order valence-corrected chi connectivity index (χ2v) is 6.34. The Labute approximate surface area is 125 Å². The molecular weight excluding hydrogens is 248 g/mol. The van der Waals surface area contributed by atoms with Crippen molar-refractivity contribution in [1.29, 1.82) is 0 Å². The summed E-state index contributed by atoms with van der Waals surface area (Å²) < 4.78 is 0. The third-order valence-corrected chi connectivity index (χ3v) is 4.15. The summed E-state index contributed by atoms with van der Waals surface area (Å²) in [6.07, 6.45) is 13.6. The predicted molar refractivity (Wildman–Crippen MR) is 90.1 cm³/mol. The lowest BCUT2D eigenvalue weighted by atomic mass is 10.0. The highest BCUT2D eigenvalue weighted by atomic mass is 32.1. The largest absolute Gasteiger partial charge is 0.176 e. The van der Waals surface area contributed by atoms with Crippen molar-refractivity contribution in [2.75, 3.05) is 0 Å². The van der Waals surface area contributed by atoms with E-state index in [9.17, 15) is 0 Å². The van der Waals surface area contributed by atoms with E-state index in [2.05, 4.69) is 37.3 Å². The van der Waals surface area contributed by atoms with Gasteiger partial charge in [0.1, 0.15) is 0 Å². The fourth-order valence-corrected chi connectivity index (χ4v) is 2.90. The van der Waals surface area contributed by atoms with E-state index in [1.807, 2.05) is 0 Å². The van der Waals surface area contributed by atoms with Crippen LogP contribution in [-0.2, 0) is 6.42 Å². The van der Waals surface area contributed by atoms with Crippen molar-refractivity contribution in [3.63, 3.8) is 0 Å². The zero-order valence-electron chi connectivity index (χ0n) is 12.5. The minimum atomic E-state index is 0.530. The Kier molecular flexibility index (Phi) is 9.98. The highest BCUT2D eigenvalue weighted by Gasteiger charge is 2.04. The molecule has 1 aromatic rings. The number of benzene rings is 1. The summed E-state index contributed by atoms with van der Waals surface area (Å²) >= 11 is 4.71. The first-order valence-electron chi connectivity index (χ1n) is 8.05. The Morgan fingerprint density at radius 1 is 0.842 bits per heavy atom. The number of hydrogen-bond donors (Lipinski definition) is 1. The quantitative estimate of drug-likeness (QED) is 0.369. The monoisotopic (exact) mass is 278 g/mol. The lowest BCUT2D eigenvalue weighted by Crippen LogP contribution is -2.03. The fourth-order valence-electron chi connectivity index (χ4n) is 2.50. The van der Waals surface area contributed by atoms with E-state index in [4.69, 9.17) is 12.6 Å². The van der Waals surface area contributed by atoms with Crippen LogP contribution in [0.4, 0.5) is 0 Å². The zero-order chi connectivity index (χ0) is 13.8. The van der Waals surface area contributed by atoms with E-state index in [1.165, 1.54) is 63.4 Å². The van der Waals surface area contributed by atoms with Crippen LogP contribution >= 0.6 is 12.6 Å². The van der Waals surface area contributed by atoms with Crippen molar-refractivity contribution in [3.8, 4) is 0 Å². The van der Waals surface area contributed by atoms with Gasteiger partial charge in [0.15, 0.2) is 0 Å². The van der Waals surface area contributed by atoms with Crippen LogP contribution in [-0.4, -0.2) is 5.25 Å². The summed E-state index contributed by atoms with van der Waals surface area (Å²) in [4.78, 5) is 0. The molecule has 0 aliphatic carbocycles. The molecule has 108 valence electrons. The molecule has 0 saturated heterocycles. The van der Waals surface area contributed by atoms with Gasteiger partial charge in [-0.2, -0.15) is 12.6 Å². The van der Waals surface area contributed by atoms with Crippen LogP contribution in [0.1, 0.15) is 70.3 Å². The Hall–Kier alpha value is -0.430. The maximum Gasteiger partial charge on any atom is 0.00572 e. The molecule has 1 aromatic carbocycles. The average Bonchev–Trinajstić information content (AvgIpc) is 2.43. The van der Waals surface area contributed by atoms with Gasteiger partial charge in [-0.05, 0) is 18.4 Å². The molecule has 1 atom stereocenters. The molecule has 0 saturated carbocycles. The van der Waals surface area contributed by atoms with Gasteiger partial charge in [0.05, 0.1) is 0 Å². The summed E-state index contributed by atoms with van der Waals surface area (Å²) in [5.74, 6) is 0. The Morgan fingerprint density at radius 3 is 2.05 bits per heavy atom. The van der Waals surface area contributed by atoms with Crippen LogP contribution in [0.25, 0.3) is 0 Å². The first-order chi connectivity index (χ1) is 9.33. The van der Waals surface area contributed by atoms with Gasteiger partial charge in [-0.3, -0.25) is 0 Å². The molecule has 0 aliphatic heterocycles. The second-order valence-electron chi connectivity index (χ2n) is 5.61. The molecule has 19 heavy (non-hydrogen) atoms. The van der Waals surface area contributed by atoms with Crippen molar-refractivity contribution in [2.45, 2.75) is 76.4 Å². The van der Waals surface area contributed by atoms with Crippen LogP contribution in [0.15, 0.2) is 30.3 Å². The van der Waals surface area contributed by atoms with Gasteiger partial charge < -0.3 is 0 Å². The summed E-state index contributed by atoms with van der Waals surface area (Å²) in [6, 6.07) is 10.7. The first-order valence-corrected chi connectivity index (χ1v) is 8.56. The van der Waals surface area contributed by atoms with E-state index in [1.54, 1.807) is 0 Å². The SMILES string of the molecule is CCCCCCCCCCC(S)Cc1ccccc1. The molecule has 0 heterocycles. The van der Waals surface area contributed by atoms with Crippen molar-refractivity contribution in [2.24, 2.45) is 0 Å². The molecular formula is C18H30S. The number of rotatable bonds is 11. The summed E-state index contributed by atoms with van der Waals surface area (Å²) in [6.45, 7) is 2.28. The minimum absolute atomic E-state index is 0.530. The van der Waals surface area contributed by atoms with Crippen LogP contribution in [0.5, 0.6) is 0 Å². The van der Waals surface area contributed by atoms with Gasteiger partial charge in [0, 0.05) is 5.25 Å². The standard InChI is InChI=1S/C18H30S/c1-2-3-4-5-6-7-8-12-15-18(19)16-17-13-10-9-11-14-17/h9-11,13-14,18-19H,2-8,12,15-16H2,1H3. The number of hydrogen-bond acceptors (Lipinski definition) is 1. The normalized spacial score (nSPS) is 12.5. The maximum absolute atomic E-state index is 4.71. The Bertz CT molecular complexity index is 294. The number of thiol groups is 1. The molecule has 0 aromatic heterocycles. The van der Waals surface area contributed by atoms with E-state index >= 15 is 0 Å². The predicted octanol–water partition coefficient (Wildman–Crippen LogP) is 6.06. The third kappa shape index (κ3) is 9.15. The Balaban J connectivity index is 1.94. The molecule has 0 spiro atoms. The lowest BCUT2D eigenvalue weighted by Gasteiger charge is -2.10. The van der Waals surface area contributed by atoms with Gasteiger partial charge in [0.2, 0.25) is 0 Å². The molecule has 0 nitrogen and oxygen atoms in total. The van der Waals surface area contributed by atoms with E-state index < -0.39 is 0 Å². The summed E-state index contributed by atoms with van der Waals surface area (Å²) in [5.41, 5.74) is 1.42. The van der Waals surface area contributed by atoms with Gasteiger partial charge in [-0.25, -0.2) is 0 Å². The van der Waals surface area contributed by atoms with E-state index in [0.717, 1.165) is 6.42 Å². The lowest BCUT2D eigenvalue weighted by molar-refractivity contribution is 0.560. The fraction of sp³-hybridized carbons (Fsp3) is 0.667. The highest BCUT2D eigenvalue weighted by molar-refractivity contribution is 7.80. The van der Waals surface area contributed by atoms with E-state index in [-0.39, 0.29) is 0 Å². The van der Waals surface area contributed by atoms with Crippen LogP contribution < -0.4 is 0 Å². The van der Waals surface area contributed by atoms with Gasteiger partial charge >= 0.3 is 0 Å². The molecule has 0 fully saturated rings. The first kappa shape index (κ1) is 16.6. The average molecular weight is 279 g/mol. The van der Waals surface area contributed by atoms with Crippen molar-refractivity contribution >= 4 is 12.6 Å². The smallest absolute Gasteiger partial charge is 0.00572 e. The molecule has 1 rings (SSSR count). The molecule has 0 bridgehead atoms. The third-order valence-electron chi connectivity index (χ3n) is 3.71. The molecule has 0 amide bonds. The zero-order valence-corrected chi connectivity index (χ0v) is 13.4. The van der Waals surface area contributed by atoms with Crippen molar-refractivity contribution < 1.29 is 0 Å². The maximum atomic E-state index is 4.71. The van der Waals surface area contributed by atoms with Gasteiger partial charge in [-0.15, -0.1) is 0 Å². The second kappa shape index (κ2) is 11.4. The van der Waals surface area contributed by atoms with Gasteiger partial charge in [-0.1, -0.05) is 88.6 Å². The van der Waals surface area contributed by atoms with Crippen LogP contribution in [0.3, 0.4) is 0 Å². The summed E-state index contributed by atoms with van der Waals surface area (Å²) in [5, 5.41) is 0.530. The topological polar surface area (TPSA) is 0 Å². The van der Waals surface area contributed by atoms with Crippen LogP contribution in [0.2, 0.25) is 0 Å². The van der Waals surface area contributed by atoms with Crippen LogP contribution in [0, 0.1) is 0 Å². The minimum Gasteiger partial charge on any atom is -0.176 e. The van der Waals surface area contributed by atoms with E-state index in [0.29, 0.717) is 5.25 Å². The Morgan fingerprint density at radius 2 is 1.42 bits per heavy atom. The van der Waals surface area contributed by atoms with Crippen molar-refractivity contribution in [3.05, 3.63) is 35.9 Å². The molecule has 1 unspecified atom stereocenters.